The molecule has 2 aromatic rings. The number of ether oxygens (including phenoxy) is 5. The van der Waals surface area contributed by atoms with E-state index >= 15 is 0 Å². The van der Waals surface area contributed by atoms with Crippen LogP contribution in [0.25, 0.3) is 10.4 Å². The van der Waals surface area contributed by atoms with Crippen molar-refractivity contribution in [3.8, 4) is 0 Å². The minimum absolute atomic E-state index is 0.0436. The van der Waals surface area contributed by atoms with Gasteiger partial charge in [-0.2, -0.15) is 0 Å². The molecule has 6 N–H and O–H groups in total. The minimum atomic E-state index is -1.74. The average Bonchev–Trinajstić information content (AvgIpc) is 3.17. The number of methoxy groups -OCH3 is 2. The Bertz CT molecular complexity index is 1570. The molecule has 1 saturated carbocycles. The highest BCUT2D eigenvalue weighted by Crippen LogP contribution is 2.36. The second kappa shape index (κ2) is 19.3. The number of carbonyl (C=O) groups is 4. The quantitative estimate of drug-likeness (QED) is 0.0468. The Labute approximate surface area is 298 Å². The number of aliphatic hydroxyl groups excluding tert-OH is 4. The van der Waals surface area contributed by atoms with Gasteiger partial charge in [0.25, 0.3) is 0 Å². The van der Waals surface area contributed by atoms with Crippen LogP contribution in [0.1, 0.15) is 44.7 Å². The minimum Gasteiger partial charge on any atom is -0.465 e. The molecular weight excluding hydrogens is 686 g/mol. The third-order valence-corrected chi connectivity index (χ3v) is 8.97. The molecule has 2 aliphatic rings. The summed E-state index contributed by atoms with van der Waals surface area (Å²) in [5.41, 5.74) is 10.7. The standard InChI is InChI=1S/C34H43N5O13/c1-48-32(46)20-7-3-18(4-8-20)15-36-30(44)22-13-24(50-12-11-38-39-35)25(51-34-29(43)28(42)27(41)26(17-40)52-34)14-23(22)31(45)37-16-19-5-9-21(10-6-19)33(47)49-2/h3-10,22-29,34,40-43H,11-17H2,1-2H3,(H,36,44)(H,37,45)/t22-,23-,24-,25-,26+,27+,28-,29-,34-/m0/s1. The first kappa shape index (κ1) is 40.1. The van der Waals surface area contributed by atoms with Crippen molar-refractivity contribution in [2.45, 2.75) is 68.8 Å². The molecule has 0 radical (unpaired) electrons. The summed E-state index contributed by atoms with van der Waals surface area (Å²) in [6.45, 7) is -0.729. The van der Waals surface area contributed by atoms with Crippen molar-refractivity contribution >= 4 is 23.8 Å². The molecule has 0 spiro atoms. The van der Waals surface area contributed by atoms with Gasteiger partial charge in [-0.25, -0.2) is 9.59 Å². The van der Waals surface area contributed by atoms with Crippen molar-refractivity contribution in [3.63, 3.8) is 0 Å². The largest absolute Gasteiger partial charge is 0.465 e. The van der Waals surface area contributed by atoms with Crippen molar-refractivity contribution in [2.24, 2.45) is 17.0 Å². The summed E-state index contributed by atoms with van der Waals surface area (Å²) in [6, 6.07) is 12.8. The molecule has 282 valence electrons. The summed E-state index contributed by atoms with van der Waals surface area (Å²) in [6.07, 6.45) is -10.1. The van der Waals surface area contributed by atoms with Gasteiger partial charge in [-0.3, -0.25) is 9.59 Å². The van der Waals surface area contributed by atoms with Gasteiger partial charge in [0.1, 0.15) is 24.4 Å². The molecule has 2 fully saturated rings. The van der Waals surface area contributed by atoms with Crippen molar-refractivity contribution < 1.29 is 63.3 Å². The number of nitrogens with zero attached hydrogens (tertiary/aromatic N) is 3. The Morgan fingerprint density at radius 3 is 1.77 bits per heavy atom. The Morgan fingerprint density at radius 1 is 0.808 bits per heavy atom. The summed E-state index contributed by atoms with van der Waals surface area (Å²) < 4.78 is 27.1. The predicted octanol–water partition coefficient (Wildman–Crippen LogP) is 0.0992. The first-order chi connectivity index (χ1) is 25.0. The third-order valence-electron chi connectivity index (χ3n) is 8.97. The van der Waals surface area contributed by atoms with E-state index in [2.05, 4.69) is 20.7 Å². The van der Waals surface area contributed by atoms with E-state index in [0.717, 1.165) is 0 Å². The van der Waals surface area contributed by atoms with Crippen LogP contribution < -0.4 is 10.6 Å². The highest BCUT2D eigenvalue weighted by Gasteiger charge is 2.49. The number of azide groups is 1. The maximum atomic E-state index is 13.9. The van der Waals surface area contributed by atoms with E-state index in [-0.39, 0.29) is 39.1 Å². The summed E-state index contributed by atoms with van der Waals surface area (Å²) in [7, 11) is 2.53. The smallest absolute Gasteiger partial charge is 0.337 e. The first-order valence-electron chi connectivity index (χ1n) is 16.5. The van der Waals surface area contributed by atoms with Gasteiger partial charge < -0.3 is 54.7 Å². The van der Waals surface area contributed by atoms with E-state index in [0.29, 0.717) is 22.3 Å². The maximum absolute atomic E-state index is 13.9. The van der Waals surface area contributed by atoms with Crippen LogP contribution in [-0.4, -0.2) is 121 Å². The lowest BCUT2D eigenvalue weighted by molar-refractivity contribution is -0.321. The van der Waals surface area contributed by atoms with E-state index in [1.54, 1.807) is 48.5 Å². The first-order valence-corrected chi connectivity index (χ1v) is 16.5. The average molecular weight is 730 g/mol. The maximum Gasteiger partial charge on any atom is 0.337 e. The fourth-order valence-electron chi connectivity index (χ4n) is 6.07. The Hall–Kier alpha value is -4.65. The number of hydrogen-bond acceptors (Lipinski definition) is 14. The normalized spacial score (nSPS) is 27.1. The summed E-state index contributed by atoms with van der Waals surface area (Å²) in [4.78, 5) is 54.0. The van der Waals surface area contributed by atoms with Crippen LogP contribution in [0, 0.1) is 11.8 Å². The predicted molar refractivity (Wildman–Crippen MR) is 178 cm³/mol. The van der Waals surface area contributed by atoms with Crippen LogP contribution in [0.15, 0.2) is 53.6 Å². The molecule has 1 aliphatic heterocycles. The molecule has 18 nitrogen and oxygen atoms in total. The lowest BCUT2D eigenvalue weighted by atomic mass is 9.75. The van der Waals surface area contributed by atoms with Gasteiger partial charge in [0, 0.05) is 24.5 Å². The van der Waals surface area contributed by atoms with Crippen molar-refractivity contribution in [2.75, 3.05) is 34.0 Å². The zero-order valence-corrected chi connectivity index (χ0v) is 28.6. The molecular formula is C34H43N5O13. The number of esters is 2. The zero-order valence-electron chi connectivity index (χ0n) is 28.6. The van der Waals surface area contributed by atoms with Crippen LogP contribution in [0.5, 0.6) is 0 Å². The molecule has 2 aromatic carbocycles. The molecule has 1 saturated heterocycles. The van der Waals surface area contributed by atoms with E-state index in [1.165, 1.54) is 14.2 Å². The summed E-state index contributed by atoms with van der Waals surface area (Å²) in [5, 5.41) is 50.1. The summed E-state index contributed by atoms with van der Waals surface area (Å²) >= 11 is 0. The molecule has 0 unspecified atom stereocenters. The molecule has 9 atom stereocenters. The number of amides is 2. The number of rotatable bonds is 15. The van der Waals surface area contributed by atoms with Crippen LogP contribution in [0.2, 0.25) is 0 Å². The summed E-state index contributed by atoms with van der Waals surface area (Å²) in [5.74, 6) is -4.05. The number of nitrogens with one attached hydrogen (secondary N) is 2. The van der Waals surface area contributed by atoms with Gasteiger partial charge >= 0.3 is 11.9 Å². The molecule has 1 aliphatic carbocycles. The van der Waals surface area contributed by atoms with E-state index < -0.39 is 85.1 Å². The number of benzene rings is 2. The number of hydrogen-bond donors (Lipinski definition) is 6. The molecule has 52 heavy (non-hydrogen) atoms. The van der Waals surface area contributed by atoms with Crippen molar-refractivity contribution in [3.05, 3.63) is 81.2 Å². The monoisotopic (exact) mass is 729 g/mol. The lowest BCUT2D eigenvalue weighted by Gasteiger charge is -2.44. The SMILES string of the molecule is COC(=O)c1ccc(CNC(=O)[C@H]2C[C@H](OCCN=[N+]=[N-])[C@@H](O[C@H]3O[C@H](CO)[C@@H](O)[C@H](O)[C@@H]3O)C[C@@H]2C(=O)NCc2ccc(C(=O)OC)cc2)cc1. The van der Waals surface area contributed by atoms with Crippen LogP contribution >= 0.6 is 0 Å². The fraction of sp³-hybridized carbons (Fsp3) is 0.529. The van der Waals surface area contributed by atoms with E-state index in [4.69, 9.17) is 29.2 Å². The van der Waals surface area contributed by atoms with E-state index in [9.17, 15) is 39.6 Å². The number of carbonyl (C=O) groups excluding carboxylic acids is 4. The lowest BCUT2D eigenvalue weighted by Crippen LogP contribution is -2.61. The third kappa shape index (κ3) is 10.2. The Morgan fingerprint density at radius 2 is 1.31 bits per heavy atom. The fourth-order valence-corrected chi connectivity index (χ4v) is 6.07. The topological polar surface area (TPSA) is 268 Å². The van der Waals surface area contributed by atoms with Gasteiger partial charge in [0.15, 0.2) is 6.29 Å². The second-order valence-corrected chi connectivity index (χ2v) is 12.2. The Balaban J connectivity index is 1.57. The van der Waals surface area contributed by atoms with Gasteiger partial charge in [-0.1, -0.05) is 29.4 Å². The zero-order chi connectivity index (χ0) is 37.8. The highest BCUT2D eigenvalue weighted by molar-refractivity contribution is 5.90. The highest BCUT2D eigenvalue weighted by atomic mass is 16.7. The molecule has 0 bridgehead atoms. The van der Waals surface area contributed by atoms with Gasteiger partial charge in [-0.15, -0.1) is 0 Å². The van der Waals surface area contributed by atoms with Gasteiger partial charge in [-0.05, 0) is 53.8 Å². The molecule has 1 heterocycles. The number of aliphatic hydroxyl groups is 4. The second-order valence-electron chi connectivity index (χ2n) is 12.2. The molecule has 0 aromatic heterocycles. The molecule has 18 heteroatoms. The van der Waals surface area contributed by atoms with E-state index in [1.807, 2.05) is 0 Å². The van der Waals surface area contributed by atoms with Crippen molar-refractivity contribution in [1.82, 2.24) is 10.6 Å². The van der Waals surface area contributed by atoms with Crippen LogP contribution in [0.4, 0.5) is 0 Å². The Kier molecular flexibility index (Phi) is 14.9. The molecule has 2 amide bonds. The van der Waals surface area contributed by atoms with Crippen LogP contribution in [0.3, 0.4) is 0 Å². The van der Waals surface area contributed by atoms with Gasteiger partial charge in [0.05, 0.1) is 62.6 Å². The van der Waals surface area contributed by atoms with Crippen LogP contribution in [-0.2, 0) is 46.4 Å². The molecule has 4 rings (SSSR count). The van der Waals surface area contributed by atoms with Gasteiger partial charge in [0.2, 0.25) is 11.8 Å². The van der Waals surface area contributed by atoms with Crippen molar-refractivity contribution in [1.29, 1.82) is 0 Å².